The fourth-order valence-corrected chi connectivity index (χ4v) is 2.17. The Balaban J connectivity index is 2.13. The van der Waals surface area contributed by atoms with Gasteiger partial charge in [0.25, 0.3) is 0 Å². The molecule has 0 fully saturated rings. The topological polar surface area (TPSA) is 38.3 Å². The van der Waals surface area contributed by atoms with Crippen molar-refractivity contribution >= 4 is 23.4 Å². The van der Waals surface area contributed by atoms with Gasteiger partial charge in [-0.25, -0.2) is 0 Å². The Bertz CT molecular complexity index is 567. The summed E-state index contributed by atoms with van der Waals surface area (Å²) in [5, 5.41) is 2.72. The van der Waals surface area contributed by atoms with Gasteiger partial charge in [0.15, 0.2) is 0 Å². The van der Waals surface area contributed by atoms with Crippen molar-refractivity contribution < 1.29 is 9.53 Å². The largest absolute Gasteiger partial charge is 0.456 e. The smallest absolute Gasteiger partial charge is 0.221 e. The first kappa shape index (κ1) is 13.5. The van der Waals surface area contributed by atoms with Gasteiger partial charge in [0, 0.05) is 17.5 Å². The molecular formula is C15H15NO2S. The first-order valence-corrected chi connectivity index (χ1v) is 7.10. The number of amides is 1. The van der Waals surface area contributed by atoms with Gasteiger partial charge < -0.3 is 10.1 Å². The van der Waals surface area contributed by atoms with E-state index in [1.165, 1.54) is 6.92 Å². The maximum absolute atomic E-state index is 10.9. The third kappa shape index (κ3) is 3.76. The Morgan fingerprint density at radius 2 is 1.79 bits per heavy atom. The molecule has 0 radical (unpaired) electrons. The van der Waals surface area contributed by atoms with Crippen LogP contribution in [0.15, 0.2) is 53.4 Å². The van der Waals surface area contributed by atoms with Gasteiger partial charge in [0.2, 0.25) is 5.91 Å². The van der Waals surface area contributed by atoms with Crippen LogP contribution in [0.25, 0.3) is 0 Å². The maximum atomic E-state index is 10.9. The summed E-state index contributed by atoms with van der Waals surface area (Å²) in [6, 6.07) is 15.2. The van der Waals surface area contributed by atoms with E-state index in [0.717, 1.165) is 22.1 Å². The Labute approximate surface area is 117 Å². The number of para-hydroxylation sites is 1. The van der Waals surface area contributed by atoms with E-state index in [2.05, 4.69) is 5.32 Å². The Hall–Kier alpha value is -1.94. The number of hydrogen-bond donors (Lipinski definition) is 1. The predicted octanol–water partition coefficient (Wildman–Crippen LogP) is 4.16. The van der Waals surface area contributed by atoms with Gasteiger partial charge in [0.05, 0.1) is 0 Å². The molecular weight excluding hydrogens is 258 g/mol. The highest BCUT2D eigenvalue weighted by molar-refractivity contribution is 7.98. The average molecular weight is 273 g/mol. The number of hydrogen-bond acceptors (Lipinski definition) is 3. The summed E-state index contributed by atoms with van der Waals surface area (Å²) < 4.78 is 5.83. The van der Waals surface area contributed by atoms with Crippen LogP contribution >= 0.6 is 11.8 Å². The van der Waals surface area contributed by atoms with Crippen LogP contribution in [0.1, 0.15) is 6.92 Å². The van der Waals surface area contributed by atoms with Crippen molar-refractivity contribution in [1.82, 2.24) is 0 Å². The lowest BCUT2D eigenvalue weighted by Crippen LogP contribution is -2.05. The van der Waals surface area contributed by atoms with Crippen LogP contribution < -0.4 is 10.1 Å². The van der Waals surface area contributed by atoms with Gasteiger partial charge in [-0.2, -0.15) is 0 Å². The second-order valence-corrected chi connectivity index (χ2v) is 4.81. The molecule has 1 N–H and O–H groups in total. The van der Waals surface area contributed by atoms with Crippen molar-refractivity contribution in [2.24, 2.45) is 0 Å². The van der Waals surface area contributed by atoms with Crippen LogP contribution in [0.3, 0.4) is 0 Å². The van der Waals surface area contributed by atoms with Crippen LogP contribution in [0.2, 0.25) is 0 Å². The molecule has 0 bridgehead atoms. The molecule has 0 saturated carbocycles. The number of rotatable bonds is 4. The van der Waals surface area contributed by atoms with E-state index in [4.69, 9.17) is 4.74 Å². The fourth-order valence-electron chi connectivity index (χ4n) is 1.64. The number of ether oxygens (including phenoxy) is 1. The fraction of sp³-hybridized carbons (Fsp3) is 0.133. The Morgan fingerprint density at radius 1 is 1.11 bits per heavy atom. The van der Waals surface area contributed by atoms with Crippen molar-refractivity contribution in [3.63, 3.8) is 0 Å². The summed E-state index contributed by atoms with van der Waals surface area (Å²) in [4.78, 5) is 12.0. The van der Waals surface area contributed by atoms with Gasteiger partial charge >= 0.3 is 0 Å². The molecule has 2 aromatic carbocycles. The first-order valence-electron chi connectivity index (χ1n) is 5.87. The number of benzene rings is 2. The van der Waals surface area contributed by atoms with Crippen molar-refractivity contribution in [2.45, 2.75) is 11.8 Å². The molecule has 19 heavy (non-hydrogen) atoms. The first-order chi connectivity index (χ1) is 9.19. The molecule has 0 aromatic heterocycles. The van der Waals surface area contributed by atoms with Crippen LogP contribution in [0, 0.1) is 0 Å². The lowest BCUT2D eigenvalue weighted by Gasteiger charge is -2.10. The van der Waals surface area contributed by atoms with Crippen molar-refractivity contribution in [1.29, 1.82) is 0 Å². The van der Waals surface area contributed by atoms with Crippen LogP contribution in [0.5, 0.6) is 11.5 Å². The highest BCUT2D eigenvalue weighted by atomic mass is 32.2. The zero-order chi connectivity index (χ0) is 13.7. The molecule has 0 unspecified atom stereocenters. The SMILES string of the molecule is CSc1ccccc1Oc1ccc(NC(C)=O)cc1. The zero-order valence-electron chi connectivity index (χ0n) is 10.8. The minimum absolute atomic E-state index is 0.0820. The molecule has 0 aliphatic rings. The van der Waals surface area contributed by atoms with E-state index >= 15 is 0 Å². The third-order valence-corrected chi connectivity index (χ3v) is 3.25. The summed E-state index contributed by atoms with van der Waals surface area (Å²) in [6.45, 7) is 1.49. The molecule has 2 aromatic rings. The lowest BCUT2D eigenvalue weighted by molar-refractivity contribution is -0.114. The van der Waals surface area contributed by atoms with Gasteiger partial charge in [-0.15, -0.1) is 11.8 Å². The molecule has 0 spiro atoms. The Kier molecular flexibility index (Phi) is 4.47. The minimum Gasteiger partial charge on any atom is -0.456 e. The number of anilines is 1. The number of thioether (sulfide) groups is 1. The van der Waals surface area contributed by atoms with Crippen LogP contribution in [-0.4, -0.2) is 12.2 Å². The van der Waals surface area contributed by atoms with E-state index in [1.807, 2.05) is 54.8 Å². The third-order valence-electron chi connectivity index (χ3n) is 2.47. The van der Waals surface area contributed by atoms with Crippen molar-refractivity contribution in [2.75, 3.05) is 11.6 Å². The molecule has 0 aliphatic heterocycles. The summed E-state index contributed by atoms with van der Waals surface area (Å²) >= 11 is 1.64. The maximum Gasteiger partial charge on any atom is 0.221 e. The molecule has 4 heteroatoms. The standard InChI is InChI=1S/C15H15NO2S/c1-11(17)16-12-7-9-13(10-8-12)18-14-5-3-4-6-15(14)19-2/h3-10H,1-2H3,(H,16,17). The minimum atomic E-state index is -0.0820. The molecule has 3 nitrogen and oxygen atoms in total. The lowest BCUT2D eigenvalue weighted by atomic mass is 10.3. The summed E-state index contributed by atoms with van der Waals surface area (Å²) in [7, 11) is 0. The van der Waals surface area contributed by atoms with E-state index in [9.17, 15) is 4.79 Å². The summed E-state index contributed by atoms with van der Waals surface area (Å²) in [5.41, 5.74) is 0.762. The van der Waals surface area contributed by atoms with E-state index < -0.39 is 0 Å². The van der Waals surface area contributed by atoms with Crippen LogP contribution in [0.4, 0.5) is 5.69 Å². The van der Waals surface area contributed by atoms with Gasteiger partial charge in [-0.3, -0.25) is 4.79 Å². The monoisotopic (exact) mass is 273 g/mol. The zero-order valence-corrected chi connectivity index (χ0v) is 11.7. The van der Waals surface area contributed by atoms with E-state index in [1.54, 1.807) is 11.8 Å². The quantitative estimate of drug-likeness (QED) is 0.850. The molecule has 0 aliphatic carbocycles. The highest BCUT2D eigenvalue weighted by Crippen LogP contribution is 2.31. The van der Waals surface area contributed by atoms with E-state index in [-0.39, 0.29) is 5.91 Å². The summed E-state index contributed by atoms with van der Waals surface area (Å²) in [6.07, 6.45) is 2.02. The predicted molar refractivity (Wildman–Crippen MR) is 79.0 cm³/mol. The molecule has 1 amide bonds. The van der Waals surface area contributed by atoms with Gasteiger partial charge in [-0.05, 0) is 42.7 Å². The number of carbonyl (C=O) groups is 1. The van der Waals surface area contributed by atoms with E-state index in [0.29, 0.717) is 0 Å². The summed E-state index contributed by atoms with van der Waals surface area (Å²) in [5.74, 6) is 1.50. The molecule has 0 heterocycles. The van der Waals surface area contributed by atoms with Gasteiger partial charge in [0.1, 0.15) is 11.5 Å². The van der Waals surface area contributed by atoms with Crippen molar-refractivity contribution in [3.05, 3.63) is 48.5 Å². The molecule has 0 saturated heterocycles. The molecule has 2 rings (SSSR count). The van der Waals surface area contributed by atoms with Gasteiger partial charge in [-0.1, -0.05) is 12.1 Å². The highest BCUT2D eigenvalue weighted by Gasteiger charge is 2.03. The van der Waals surface area contributed by atoms with Crippen LogP contribution in [-0.2, 0) is 4.79 Å². The molecule has 0 atom stereocenters. The number of carbonyl (C=O) groups excluding carboxylic acids is 1. The number of nitrogens with one attached hydrogen (secondary N) is 1. The Morgan fingerprint density at radius 3 is 2.42 bits per heavy atom. The second-order valence-electron chi connectivity index (χ2n) is 3.96. The normalized spacial score (nSPS) is 10.0. The van der Waals surface area contributed by atoms with Crippen molar-refractivity contribution in [3.8, 4) is 11.5 Å². The average Bonchev–Trinajstić information content (AvgIpc) is 2.41. The second kappa shape index (κ2) is 6.29. The molecule has 98 valence electrons.